The number of ether oxygens (including phenoxy) is 1. The van der Waals surface area contributed by atoms with Crippen LogP contribution in [0.3, 0.4) is 0 Å². The Morgan fingerprint density at radius 2 is 2.00 bits per heavy atom. The monoisotopic (exact) mass is 434 g/mol. The molecule has 3 aliphatic rings. The van der Waals surface area contributed by atoms with Crippen LogP contribution in [0.2, 0.25) is 0 Å². The third kappa shape index (κ3) is 5.50. The highest BCUT2D eigenvalue weighted by Crippen LogP contribution is 2.44. The summed E-state index contributed by atoms with van der Waals surface area (Å²) in [5.41, 5.74) is 2.70. The molecule has 1 amide bonds. The normalized spacial score (nSPS) is 23.9. The van der Waals surface area contributed by atoms with Gasteiger partial charge in [-0.05, 0) is 68.3 Å². The van der Waals surface area contributed by atoms with E-state index in [1.54, 1.807) is 0 Å². The average Bonchev–Trinajstić information content (AvgIpc) is 3.17. The molecule has 1 saturated heterocycles. The van der Waals surface area contributed by atoms with E-state index in [0.29, 0.717) is 18.5 Å². The molecule has 4 rings (SSSR count). The Morgan fingerprint density at radius 3 is 2.80 bits per heavy atom. The lowest BCUT2D eigenvalue weighted by molar-refractivity contribution is 0.194. The second-order valence-electron chi connectivity index (χ2n) is 9.32. The topological polar surface area (TPSA) is 41.6 Å². The zero-order valence-electron chi connectivity index (χ0n) is 18.5. The van der Waals surface area contributed by atoms with Gasteiger partial charge in [-0.1, -0.05) is 57.6 Å². The molecule has 2 atom stereocenters. The largest absolute Gasteiger partial charge is 0.412 e. The molecular formula is C25H39ClN2O2. The number of fused-ring (bicyclic) bond motifs is 3. The lowest BCUT2D eigenvalue weighted by Crippen LogP contribution is -2.36. The van der Waals surface area contributed by atoms with Crippen molar-refractivity contribution in [1.29, 1.82) is 0 Å². The molecule has 4 nitrogen and oxygen atoms in total. The first-order chi connectivity index (χ1) is 14.3. The van der Waals surface area contributed by atoms with Gasteiger partial charge in [0, 0.05) is 18.5 Å². The van der Waals surface area contributed by atoms with Crippen LogP contribution in [0.25, 0.3) is 0 Å². The molecule has 1 aliphatic heterocycles. The molecular weight excluding hydrogens is 396 g/mol. The highest BCUT2D eigenvalue weighted by Gasteiger charge is 2.39. The van der Waals surface area contributed by atoms with Crippen LogP contribution in [-0.4, -0.2) is 36.7 Å². The number of benzene rings is 1. The van der Waals surface area contributed by atoms with E-state index in [0.717, 1.165) is 30.9 Å². The molecule has 30 heavy (non-hydrogen) atoms. The predicted octanol–water partition coefficient (Wildman–Crippen LogP) is 6.07. The molecule has 1 N–H and O–H groups in total. The number of nitrogens with zero attached hydrogens (tertiary/aromatic N) is 1. The van der Waals surface area contributed by atoms with E-state index in [-0.39, 0.29) is 18.5 Å². The molecule has 5 heteroatoms. The molecule has 0 bridgehead atoms. The van der Waals surface area contributed by atoms with E-state index in [1.807, 2.05) is 6.07 Å². The Morgan fingerprint density at radius 1 is 1.17 bits per heavy atom. The Hall–Kier alpha value is -1.26. The Labute approximate surface area is 188 Å². The lowest BCUT2D eigenvalue weighted by Gasteiger charge is -2.35. The number of hydrogen-bond donors (Lipinski definition) is 1. The molecule has 2 fully saturated rings. The van der Waals surface area contributed by atoms with Crippen LogP contribution in [-0.2, 0) is 6.42 Å². The van der Waals surface area contributed by atoms with Crippen LogP contribution in [0.5, 0.6) is 5.75 Å². The third-order valence-corrected chi connectivity index (χ3v) is 7.47. The fourth-order valence-electron chi connectivity index (χ4n) is 5.85. The van der Waals surface area contributed by atoms with Crippen molar-refractivity contribution in [2.75, 3.05) is 19.6 Å². The highest BCUT2D eigenvalue weighted by molar-refractivity contribution is 5.85. The Balaban J connectivity index is 0.00000256. The van der Waals surface area contributed by atoms with Crippen LogP contribution in [0.1, 0.15) is 88.2 Å². The number of halogens is 1. The van der Waals surface area contributed by atoms with Crippen molar-refractivity contribution in [3.8, 4) is 5.75 Å². The summed E-state index contributed by atoms with van der Waals surface area (Å²) in [5, 5.41) is 2.87. The molecule has 2 unspecified atom stereocenters. The van der Waals surface area contributed by atoms with Gasteiger partial charge in [-0.15, -0.1) is 12.4 Å². The summed E-state index contributed by atoms with van der Waals surface area (Å²) in [4.78, 5) is 14.9. The number of nitrogens with one attached hydrogen (secondary N) is 1. The first-order valence-electron chi connectivity index (χ1n) is 12.1. The number of unbranched alkanes of at least 4 members (excludes halogenated alkanes) is 1. The van der Waals surface area contributed by atoms with Crippen molar-refractivity contribution in [3.05, 3.63) is 29.3 Å². The van der Waals surface area contributed by atoms with Gasteiger partial charge in [-0.25, -0.2) is 4.79 Å². The van der Waals surface area contributed by atoms with Gasteiger partial charge in [0.2, 0.25) is 0 Å². The van der Waals surface area contributed by atoms with Crippen molar-refractivity contribution in [2.24, 2.45) is 5.92 Å². The maximum atomic E-state index is 12.1. The van der Waals surface area contributed by atoms with Crippen LogP contribution in [0, 0.1) is 5.92 Å². The minimum atomic E-state index is -0.311. The van der Waals surface area contributed by atoms with Crippen LogP contribution >= 0.6 is 12.4 Å². The van der Waals surface area contributed by atoms with Gasteiger partial charge in [-0.2, -0.15) is 0 Å². The summed E-state index contributed by atoms with van der Waals surface area (Å²) in [6.07, 6.45) is 13.8. The van der Waals surface area contributed by atoms with E-state index in [9.17, 15) is 4.79 Å². The summed E-state index contributed by atoms with van der Waals surface area (Å²) < 4.78 is 5.70. The summed E-state index contributed by atoms with van der Waals surface area (Å²) in [6.45, 7) is 5.31. The van der Waals surface area contributed by atoms with E-state index in [1.165, 1.54) is 75.6 Å². The van der Waals surface area contributed by atoms with Gasteiger partial charge < -0.3 is 10.1 Å². The van der Waals surface area contributed by atoms with Crippen molar-refractivity contribution in [1.82, 2.24) is 10.2 Å². The van der Waals surface area contributed by atoms with Gasteiger partial charge in [0.05, 0.1) is 0 Å². The van der Waals surface area contributed by atoms with Crippen molar-refractivity contribution in [3.63, 3.8) is 0 Å². The van der Waals surface area contributed by atoms with E-state index in [4.69, 9.17) is 4.74 Å². The van der Waals surface area contributed by atoms with Gasteiger partial charge in [-0.3, -0.25) is 4.90 Å². The summed E-state index contributed by atoms with van der Waals surface area (Å²) in [5.74, 6) is 2.34. The summed E-state index contributed by atoms with van der Waals surface area (Å²) in [6, 6.07) is 6.99. The molecule has 0 spiro atoms. The van der Waals surface area contributed by atoms with Crippen molar-refractivity contribution < 1.29 is 9.53 Å². The quantitative estimate of drug-likeness (QED) is 0.529. The standard InChI is InChI=1S/C25H38N2O2.ClH/c1-2-3-16-26-25(28)29-24-11-7-10-20-21-15-18-27(23(21)13-12-22(20)24)17-14-19-8-5-4-6-9-19;/h7,10-11,19,21,23H,2-6,8-9,12-18H2,1H3,(H,26,28);1H. The van der Waals surface area contributed by atoms with Crippen molar-refractivity contribution >= 4 is 18.5 Å². The maximum absolute atomic E-state index is 12.1. The predicted molar refractivity (Wildman–Crippen MR) is 125 cm³/mol. The molecule has 1 aromatic carbocycles. The number of rotatable bonds is 7. The SMILES string of the molecule is CCCCNC(=O)Oc1cccc2c1CCC1C2CCN1CCC1CCCCC1.Cl. The molecule has 0 aromatic heterocycles. The van der Waals surface area contributed by atoms with Crippen LogP contribution < -0.4 is 10.1 Å². The molecule has 0 radical (unpaired) electrons. The zero-order valence-corrected chi connectivity index (χ0v) is 19.4. The smallest absolute Gasteiger partial charge is 0.410 e. The first kappa shape index (κ1) is 23.4. The van der Waals surface area contributed by atoms with Crippen molar-refractivity contribution in [2.45, 2.75) is 89.5 Å². The number of amides is 1. The summed E-state index contributed by atoms with van der Waals surface area (Å²) in [7, 11) is 0. The van der Waals surface area contributed by atoms with Crippen LogP contribution in [0.4, 0.5) is 4.79 Å². The second kappa shape index (κ2) is 11.4. The maximum Gasteiger partial charge on any atom is 0.412 e. The number of carbonyl (C=O) groups excluding carboxylic acids is 1. The van der Waals surface area contributed by atoms with Crippen LogP contribution in [0.15, 0.2) is 18.2 Å². The van der Waals surface area contributed by atoms with Gasteiger partial charge in [0.25, 0.3) is 0 Å². The van der Waals surface area contributed by atoms with Gasteiger partial charge in [0.15, 0.2) is 0 Å². The molecule has 1 aromatic rings. The minimum Gasteiger partial charge on any atom is -0.410 e. The van der Waals surface area contributed by atoms with E-state index < -0.39 is 0 Å². The molecule has 1 saturated carbocycles. The van der Waals surface area contributed by atoms with E-state index >= 15 is 0 Å². The summed E-state index contributed by atoms with van der Waals surface area (Å²) >= 11 is 0. The Kier molecular flexibility index (Phi) is 8.88. The average molecular weight is 435 g/mol. The lowest BCUT2D eigenvalue weighted by atomic mass is 9.79. The third-order valence-electron chi connectivity index (χ3n) is 7.47. The highest BCUT2D eigenvalue weighted by atomic mass is 35.5. The number of carbonyl (C=O) groups is 1. The second-order valence-corrected chi connectivity index (χ2v) is 9.32. The van der Waals surface area contributed by atoms with Gasteiger partial charge in [0.1, 0.15) is 5.75 Å². The molecule has 1 heterocycles. The van der Waals surface area contributed by atoms with Gasteiger partial charge >= 0.3 is 6.09 Å². The molecule has 168 valence electrons. The van der Waals surface area contributed by atoms with E-state index in [2.05, 4.69) is 29.3 Å². The zero-order chi connectivity index (χ0) is 20.1. The molecule has 2 aliphatic carbocycles. The number of hydrogen-bond acceptors (Lipinski definition) is 3. The minimum absolute atomic E-state index is 0. The number of likely N-dealkylation sites (tertiary alicyclic amines) is 1. The Bertz CT molecular complexity index is 690. The fourth-order valence-corrected chi connectivity index (χ4v) is 5.85. The fraction of sp³-hybridized carbons (Fsp3) is 0.720. The first-order valence-corrected chi connectivity index (χ1v) is 12.1.